The molecule has 0 bridgehead atoms. The molecule has 1 unspecified atom stereocenters. The number of halogens is 3. The Morgan fingerprint density at radius 2 is 2.06 bits per heavy atom. The Kier molecular flexibility index (Phi) is 3.86. The van der Waals surface area contributed by atoms with E-state index in [1.54, 1.807) is 0 Å². The molecular weight excluding hydrogens is 245 g/mol. The highest BCUT2D eigenvalue weighted by molar-refractivity contribution is 5.95. The van der Waals surface area contributed by atoms with Crippen LogP contribution in [0.3, 0.4) is 0 Å². The zero-order valence-electron chi connectivity index (χ0n) is 9.60. The molecule has 2 rings (SSSR count). The summed E-state index contributed by atoms with van der Waals surface area (Å²) < 4.78 is 39.2. The van der Waals surface area contributed by atoms with Gasteiger partial charge in [0.05, 0.1) is 11.7 Å². The van der Waals surface area contributed by atoms with E-state index < -0.39 is 35.1 Å². The molecule has 18 heavy (non-hydrogen) atoms. The molecule has 0 saturated carbocycles. The van der Waals surface area contributed by atoms with Crippen LogP contribution in [-0.2, 0) is 4.79 Å². The van der Waals surface area contributed by atoms with Crippen molar-refractivity contribution in [2.24, 2.45) is 0 Å². The Bertz CT molecular complexity index is 459. The standard InChI is InChI=1S/C12H13F3N2O/c13-7-5-8(14)11(15)10(6-7)17-12(18)9-3-1-2-4-16-9/h5-6,9,16H,1-4H2,(H,17,18). The van der Waals surface area contributed by atoms with Crippen molar-refractivity contribution in [3.8, 4) is 0 Å². The summed E-state index contributed by atoms with van der Waals surface area (Å²) >= 11 is 0. The second-order valence-corrected chi connectivity index (χ2v) is 4.24. The molecule has 1 atom stereocenters. The molecule has 1 amide bonds. The molecule has 1 heterocycles. The van der Waals surface area contributed by atoms with E-state index in [0.717, 1.165) is 18.9 Å². The van der Waals surface area contributed by atoms with Gasteiger partial charge in [-0.25, -0.2) is 13.2 Å². The number of anilines is 1. The predicted octanol–water partition coefficient (Wildman–Crippen LogP) is 2.18. The summed E-state index contributed by atoms with van der Waals surface area (Å²) in [7, 11) is 0. The molecule has 1 aromatic rings. The van der Waals surface area contributed by atoms with Crippen LogP contribution in [-0.4, -0.2) is 18.5 Å². The fourth-order valence-corrected chi connectivity index (χ4v) is 1.94. The van der Waals surface area contributed by atoms with Crippen LogP contribution in [0.5, 0.6) is 0 Å². The van der Waals surface area contributed by atoms with Crippen molar-refractivity contribution >= 4 is 11.6 Å². The van der Waals surface area contributed by atoms with Gasteiger partial charge in [0.1, 0.15) is 5.82 Å². The SMILES string of the molecule is O=C(Nc1cc(F)cc(F)c1F)C1CCCCN1. The summed E-state index contributed by atoms with van der Waals surface area (Å²) in [4.78, 5) is 11.8. The van der Waals surface area contributed by atoms with Crippen molar-refractivity contribution in [2.75, 3.05) is 11.9 Å². The minimum Gasteiger partial charge on any atom is -0.322 e. The van der Waals surface area contributed by atoms with Gasteiger partial charge >= 0.3 is 0 Å². The van der Waals surface area contributed by atoms with E-state index >= 15 is 0 Å². The van der Waals surface area contributed by atoms with Crippen LogP contribution in [0.15, 0.2) is 12.1 Å². The van der Waals surface area contributed by atoms with Crippen molar-refractivity contribution in [2.45, 2.75) is 25.3 Å². The first-order chi connectivity index (χ1) is 8.58. The van der Waals surface area contributed by atoms with E-state index in [9.17, 15) is 18.0 Å². The molecule has 0 aliphatic carbocycles. The molecular formula is C12H13F3N2O. The Morgan fingerprint density at radius 3 is 2.72 bits per heavy atom. The van der Waals surface area contributed by atoms with Crippen LogP contribution < -0.4 is 10.6 Å². The van der Waals surface area contributed by atoms with Crippen molar-refractivity contribution in [3.05, 3.63) is 29.6 Å². The lowest BCUT2D eigenvalue weighted by atomic mass is 10.0. The van der Waals surface area contributed by atoms with Crippen LogP contribution in [0.1, 0.15) is 19.3 Å². The molecule has 1 aliphatic rings. The van der Waals surface area contributed by atoms with Crippen LogP contribution >= 0.6 is 0 Å². The van der Waals surface area contributed by atoms with Crippen LogP contribution in [0.4, 0.5) is 18.9 Å². The van der Waals surface area contributed by atoms with Gasteiger partial charge in [-0.3, -0.25) is 4.79 Å². The fourth-order valence-electron chi connectivity index (χ4n) is 1.94. The normalized spacial score (nSPS) is 19.6. The molecule has 98 valence electrons. The van der Waals surface area contributed by atoms with Gasteiger partial charge in [-0.05, 0) is 19.4 Å². The van der Waals surface area contributed by atoms with Gasteiger partial charge < -0.3 is 10.6 Å². The zero-order chi connectivity index (χ0) is 13.1. The molecule has 1 fully saturated rings. The van der Waals surface area contributed by atoms with Crippen molar-refractivity contribution in [1.82, 2.24) is 5.32 Å². The second-order valence-electron chi connectivity index (χ2n) is 4.24. The molecule has 1 saturated heterocycles. The maximum absolute atomic E-state index is 13.3. The van der Waals surface area contributed by atoms with Gasteiger partial charge in [-0.15, -0.1) is 0 Å². The predicted molar refractivity (Wildman–Crippen MR) is 60.6 cm³/mol. The summed E-state index contributed by atoms with van der Waals surface area (Å²) in [6, 6.07) is 0.757. The van der Waals surface area contributed by atoms with Crippen molar-refractivity contribution in [1.29, 1.82) is 0 Å². The summed E-state index contributed by atoms with van der Waals surface area (Å²) in [5.74, 6) is -3.97. The van der Waals surface area contributed by atoms with E-state index in [2.05, 4.69) is 10.6 Å². The topological polar surface area (TPSA) is 41.1 Å². The second kappa shape index (κ2) is 5.39. The Morgan fingerprint density at radius 1 is 1.28 bits per heavy atom. The molecule has 1 aromatic carbocycles. The van der Waals surface area contributed by atoms with E-state index in [0.29, 0.717) is 19.0 Å². The molecule has 0 spiro atoms. The smallest absolute Gasteiger partial charge is 0.241 e. The number of hydrogen-bond acceptors (Lipinski definition) is 2. The van der Waals surface area contributed by atoms with E-state index in [1.165, 1.54) is 0 Å². The van der Waals surface area contributed by atoms with Crippen molar-refractivity contribution in [3.63, 3.8) is 0 Å². The third-order valence-corrected chi connectivity index (χ3v) is 2.88. The highest BCUT2D eigenvalue weighted by Gasteiger charge is 2.22. The summed E-state index contributed by atoms with van der Waals surface area (Å²) in [6.07, 6.45) is 2.50. The number of carbonyl (C=O) groups is 1. The van der Waals surface area contributed by atoms with Crippen LogP contribution in [0.2, 0.25) is 0 Å². The average molecular weight is 258 g/mol. The third-order valence-electron chi connectivity index (χ3n) is 2.88. The maximum atomic E-state index is 13.3. The Labute approximate surface area is 102 Å². The lowest BCUT2D eigenvalue weighted by Crippen LogP contribution is -2.43. The number of nitrogens with one attached hydrogen (secondary N) is 2. The Balaban J connectivity index is 2.11. The number of carbonyl (C=O) groups excluding carboxylic acids is 1. The number of amides is 1. The van der Waals surface area contributed by atoms with Gasteiger partial charge in [0, 0.05) is 12.1 Å². The lowest BCUT2D eigenvalue weighted by Gasteiger charge is -2.22. The van der Waals surface area contributed by atoms with Crippen LogP contribution in [0, 0.1) is 17.5 Å². The van der Waals surface area contributed by atoms with E-state index in [1.807, 2.05) is 0 Å². The summed E-state index contributed by atoms with van der Waals surface area (Å²) in [5, 5.41) is 5.17. The first-order valence-electron chi connectivity index (χ1n) is 5.76. The molecule has 6 heteroatoms. The molecule has 1 aliphatic heterocycles. The molecule has 0 aromatic heterocycles. The van der Waals surface area contributed by atoms with Crippen molar-refractivity contribution < 1.29 is 18.0 Å². The first-order valence-corrected chi connectivity index (χ1v) is 5.76. The highest BCUT2D eigenvalue weighted by atomic mass is 19.2. The minimum atomic E-state index is -1.32. The van der Waals surface area contributed by atoms with Crippen LogP contribution in [0.25, 0.3) is 0 Å². The van der Waals surface area contributed by atoms with Gasteiger partial charge in [0.2, 0.25) is 5.91 Å². The third kappa shape index (κ3) is 2.81. The molecule has 0 radical (unpaired) electrons. The largest absolute Gasteiger partial charge is 0.322 e. The minimum absolute atomic E-state index is 0.434. The van der Waals surface area contributed by atoms with E-state index in [-0.39, 0.29) is 0 Å². The summed E-state index contributed by atoms with van der Waals surface area (Å²) in [5.41, 5.74) is -0.468. The number of rotatable bonds is 2. The monoisotopic (exact) mass is 258 g/mol. The zero-order valence-corrected chi connectivity index (χ0v) is 9.60. The summed E-state index contributed by atoms with van der Waals surface area (Å²) in [6.45, 7) is 0.706. The molecule has 3 nitrogen and oxygen atoms in total. The average Bonchev–Trinajstić information content (AvgIpc) is 2.36. The van der Waals surface area contributed by atoms with Gasteiger partial charge in [0.25, 0.3) is 0 Å². The van der Waals surface area contributed by atoms with Gasteiger partial charge in [-0.2, -0.15) is 0 Å². The Hall–Kier alpha value is -1.56. The maximum Gasteiger partial charge on any atom is 0.241 e. The fraction of sp³-hybridized carbons (Fsp3) is 0.417. The van der Waals surface area contributed by atoms with Gasteiger partial charge in [0.15, 0.2) is 11.6 Å². The number of piperidine rings is 1. The van der Waals surface area contributed by atoms with Gasteiger partial charge in [-0.1, -0.05) is 6.42 Å². The highest BCUT2D eigenvalue weighted by Crippen LogP contribution is 2.20. The quantitative estimate of drug-likeness (QED) is 0.798. The van der Waals surface area contributed by atoms with E-state index in [4.69, 9.17) is 0 Å². The first kappa shape index (κ1) is 12.9. The molecule has 2 N–H and O–H groups in total. The lowest BCUT2D eigenvalue weighted by molar-refractivity contribution is -0.118. The number of benzene rings is 1. The number of hydrogen-bond donors (Lipinski definition) is 2.